The van der Waals surface area contributed by atoms with Crippen molar-refractivity contribution in [2.45, 2.75) is 0 Å². The van der Waals surface area contributed by atoms with Crippen molar-refractivity contribution in [3.63, 3.8) is 0 Å². The quantitative estimate of drug-likeness (QED) is 0.0458. The van der Waals surface area contributed by atoms with Crippen LogP contribution >= 0.6 is 0 Å². The van der Waals surface area contributed by atoms with E-state index < -0.39 is 34.5 Å². The molecule has 0 amide bonds. The summed E-state index contributed by atoms with van der Waals surface area (Å²) in [5, 5.41) is 11.8. The summed E-state index contributed by atoms with van der Waals surface area (Å²) in [5.74, 6) is -2.47. The molecule has 5 aromatic carbocycles. The van der Waals surface area contributed by atoms with E-state index in [1.54, 1.807) is 85.2 Å². The number of nitrogens with zero attached hydrogens (tertiary/aromatic N) is 3. The summed E-state index contributed by atoms with van der Waals surface area (Å²) in [5.41, 5.74) is 2.21. The Hall–Kier alpha value is -7.28. The van der Waals surface area contributed by atoms with Crippen molar-refractivity contribution < 1.29 is 43.0 Å². The van der Waals surface area contributed by atoms with E-state index in [0.717, 1.165) is 12.1 Å². The number of ether oxygens (including phenoxy) is 4. The van der Waals surface area contributed by atoms with E-state index in [9.17, 15) is 29.3 Å². The zero-order valence-corrected chi connectivity index (χ0v) is 27.0. The Bertz CT molecular complexity index is 2140. The van der Waals surface area contributed by atoms with Crippen molar-refractivity contribution in [3.05, 3.63) is 159 Å². The Kier molecular flexibility index (Phi) is 11.1. The summed E-state index contributed by atoms with van der Waals surface area (Å²) in [6, 6.07) is 28.9. The fourth-order valence-electron chi connectivity index (χ4n) is 4.46. The van der Waals surface area contributed by atoms with Gasteiger partial charge < -0.3 is 18.9 Å². The Labute approximate surface area is 290 Å². The molecule has 0 aliphatic rings. The summed E-state index contributed by atoms with van der Waals surface area (Å²) in [6.07, 6.45) is 3.15. The van der Waals surface area contributed by atoms with Crippen molar-refractivity contribution in [3.8, 4) is 11.5 Å². The number of nitro groups is 1. The summed E-state index contributed by atoms with van der Waals surface area (Å²) in [7, 11) is 2.60. The Morgan fingerprint density at radius 2 is 0.961 bits per heavy atom. The van der Waals surface area contributed by atoms with E-state index in [1.165, 1.54) is 44.6 Å². The van der Waals surface area contributed by atoms with E-state index in [0.29, 0.717) is 33.6 Å². The summed E-state index contributed by atoms with van der Waals surface area (Å²) in [6.45, 7) is 0. The van der Waals surface area contributed by atoms with Gasteiger partial charge in [-0.2, -0.15) is 0 Å². The molecule has 13 nitrogen and oxygen atoms in total. The van der Waals surface area contributed by atoms with Gasteiger partial charge in [0.25, 0.3) is 5.69 Å². The van der Waals surface area contributed by atoms with Crippen LogP contribution in [0.15, 0.2) is 125 Å². The summed E-state index contributed by atoms with van der Waals surface area (Å²) < 4.78 is 20.1. The van der Waals surface area contributed by atoms with Crippen LogP contribution in [0.25, 0.3) is 0 Å². The summed E-state index contributed by atoms with van der Waals surface area (Å²) >= 11 is 0. The zero-order chi connectivity index (χ0) is 36.3. The van der Waals surface area contributed by atoms with Crippen LogP contribution in [0.4, 0.5) is 17.1 Å². The van der Waals surface area contributed by atoms with Gasteiger partial charge >= 0.3 is 23.9 Å². The van der Waals surface area contributed by atoms with Crippen LogP contribution in [0.3, 0.4) is 0 Å². The first-order valence-electron chi connectivity index (χ1n) is 15.0. The van der Waals surface area contributed by atoms with Crippen LogP contribution in [-0.4, -0.2) is 55.4 Å². The number of rotatable bonds is 11. The van der Waals surface area contributed by atoms with Gasteiger partial charge in [-0.1, -0.05) is 0 Å². The van der Waals surface area contributed by atoms with Crippen LogP contribution < -0.4 is 9.47 Å². The minimum absolute atomic E-state index is 0.127. The van der Waals surface area contributed by atoms with Crippen LogP contribution in [-0.2, 0) is 9.47 Å². The van der Waals surface area contributed by atoms with Crippen LogP contribution in [0.5, 0.6) is 11.5 Å². The molecule has 254 valence electrons. The van der Waals surface area contributed by atoms with Gasteiger partial charge in [0.2, 0.25) is 0 Å². The Morgan fingerprint density at radius 3 is 1.37 bits per heavy atom. The van der Waals surface area contributed by atoms with Gasteiger partial charge in [-0.3, -0.25) is 20.1 Å². The lowest BCUT2D eigenvalue weighted by Crippen LogP contribution is -2.14. The average Bonchev–Trinajstić information content (AvgIpc) is 3.16. The predicted octanol–water partition coefficient (Wildman–Crippen LogP) is 7.11. The van der Waals surface area contributed by atoms with Gasteiger partial charge in [0.15, 0.2) is 0 Å². The first kappa shape index (κ1) is 35.0. The van der Waals surface area contributed by atoms with E-state index >= 15 is 0 Å². The lowest BCUT2D eigenvalue weighted by molar-refractivity contribution is -0.385. The molecule has 0 heterocycles. The highest BCUT2D eigenvalue weighted by Crippen LogP contribution is 2.25. The minimum Gasteiger partial charge on any atom is -0.465 e. The highest BCUT2D eigenvalue weighted by Gasteiger charge is 2.25. The number of esters is 4. The third kappa shape index (κ3) is 9.21. The SMILES string of the molecule is COC(=O)c1ccc(N=Cc2ccc(OC(=O)c3ccc(C(=O)Oc4ccc(C=Nc5ccc(C(=O)OC)cc5)cc4)c([N+](=O)[O-])c3)cc2)cc1. The highest BCUT2D eigenvalue weighted by atomic mass is 16.6. The van der Waals surface area contributed by atoms with Crippen molar-refractivity contribution in [1.29, 1.82) is 0 Å². The molecule has 0 atom stereocenters. The number of hydrogen-bond acceptors (Lipinski definition) is 12. The molecule has 51 heavy (non-hydrogen) atoms. The summed E-state index contributed by atoms with van der Waals surface area (Å²) in [4.78, 5) is 68.6. The van der Waals surface area contributed by atoms with E-state index in [2.05, 4.69) is 19.5 Å². The maximum absolute atomic E-state index is 12.9. The van der Waals surface area contributed by atoms with Crippen molar-refractivity contribution >= 4 is 53.4 Å². The van der Waals surface area contributed by atoms with Crippen molar-refractivity contribution in [2.24, 2.45) is 9.98 Å². The molecular formula is C38H27N3O10. The van der Waals surface area contributed by atoms with E-state index in [1.807, 2.05) is 0 Å². The Morgan fingerprint density at radius 1 is 0.549 bits per heavy atom. The number of methoxy groups -OCH3 is 2. The molecule has 0 saturated heterocycles. The molecule has 0 unspecified atom stereocenters. The van der Waals surface area contributed by atoms with Crippen molar-refractivity contribution in [1.82, 2.24) is 0 Å². The number of aliphatic imine (C=N–C) groups is 2. The van der Waals surface area contributed by atoms with Crippen LogP contribution in [0.2, 0.25) is 0 Å². The standard InChI is InChI=1S/C38H27N3O10/c1-48-35(42)26-7-12-29(13-8-26)39-22-24-3-16-31(17-4-24)50-37(44)28-11-20-33(34(21-28)41(46)47)38(45)51-32-18-5-25(6-19-32)23-40-30-14-9-27(10-15-30)36(43)49-2/h3-23H,1-2H3. The first-order chi connectivity index (χ1) is 24.6. The highest BCUT2D eigenvalue weighted by molar-refractivity contribution is 5.99. The molecule has 0 radical (unpaired) electrons. The number of benzene rings is 5. The zero-order valence-electron chi connectivity index (χ0n) is 27.0. The maximum atomic E-state index is 12.9. The van der Waals surface area contributed by atoms with Crippen LogP contribution in [0, 0.1) is 10.1 Å². The smallest absolute Gasteiger partial charge is 0.350 e. The fraction of sp³-hybridized carbons (Fsp3) is 0.0526. The molecule has 0 spiro atoms. The van der Waals surface area contributed by atoms with Crippen molar-refractivity contribution in [2.75, 3.05) is 14.2 Å². The molecule has 0 saturated carbocycles. The van der Waals surface area contributed by atoms with Gasteiger partial charge in [0.05, 0.1) is 47.2 Å². The third-order valence-corrected chi connectivity index (χ3v) is 7.13. The van der Waals surface area contributed by atoms with E-state index in [-0.39, 0.29) is 22.6 Å². The molecule has 0 N–H and O–H groups in total. The normalized spacial score (nSPS) is 10.9. The molecule has 5 aromatic rings. The number of hydrogen-bond donors (Lipinski definition) is 0. The lowest BCUT2D eigenvalue weighted by atomic mass is 10.1. The second kappa shape index (κ2) is 16.2. The molecule has 5 rings (SSSR count). The molecule has 0 aliphatic heterocycles. The molecule has 0 aromatic heterocycles. The number of nitro benzene ring substituents is 1. The fourth-order valence-corrected chi connectivity index (χ4v) is 4.46. The first-order valence-corrected chi connectivity index (χ1v) is 15.0. The number of carbonyl (C=O) groups excluding carboxylic acids is 4. The van der Waals surface area contributed by atoms with Gasteiger partial charge in [0, 0.05) is 18.5 Å². The van der Waals surface area contributed by atoms with Gasteiger partial charge in [0.1, 0.15) is 17.1 Å². The average molecular weight is 686 g/mol. The van der Waals surface area contributed by atoms with Gasteiger partial charge in [-0.05, 0) is 120 Å². The molecule has 0 bridgehead atoms. The Balaban J connectivity index is 1.19. The monoisotopic (exact) mass is 685 g/mol. The lowest BCUT2D eigenvalue weighted by Gasteiger charge is -2.08. The molecule has 0 fully saturated rings. The maximum Gasteiger partial charge on any atom is 0.350 e. The topological polar surface area (TPSA) is 173 Å². The predicted molar refractivity (Wildman–Crippen MR) is 186 cm³/mol. The molecular weight excluding hydrogens is 658 g/mol. The second-order valence-electron chi connectivity index (χ2n) is 10.5. The van der Waals surface area contributed by atoms with Crippen LogP contribution in [0.1, 0.15) is 52.6 Å². The largest absolute Gasteiger partial charge is 0.465 e. The van der Waals surface area contributed by atoms with E-state index in [4.69, 9.17) is 9.47 Å². The third-order valence-electron chi connectivity index (χ3n) is 7.13. The molecule has 0 aliphatic carbocycles. The molecule has 13 heteroatoms. The minimum atomic E-state index is -0.995. The van der Waals surface area contributed by atoms with Gasteiger partial charge in [-0.25, -0.2) is 19.2 Å². The second-order valence-corrected chi connectivity index (χ2v) is 10.5. The van der Waals surface area contributed by atoms with Gasteiger partial charge in [-0.15, -0.1) is 0 Å². The number of carbonyl (C=O) groups is 4.